The Morgan fingerprint density at radius 3 is 2.56 bits per heavy atom. The smallest absolute Gasteiger partial charge is 0.253 e. The second-order valence-electron chi connectivity index (χ2n) is 7.69. The first-order valence-corrected chi connectivity index (χ1v) is 9.21. The molecule has 2 N–H and O–H groups in total. The predicted molar refractivity (Wildman–Crippen MR) is 101 cm³/mol. The van der Waals surface area contributed by atoms with Crippen molar-refractivity contribution >= 4 is 28.4 Å². The van der Waals surface area contributed by atoms with Crippen LogP contribution in [-0.4, -0.2) is 27.6 Å². The van der Waals surface area contributed by atoms with Gasteiger partial charge in [-0.2, -0.15) is 0 Å². The monoisotopic (exact) mass is 360 g/mol. The van der Waals surface area contributed by atoms with Gasteiger partial charge in [-0.25, -0.2) is 0 Å². The Hall–Kier alpha value is -1.65. The molecule has 0 spiro atoms. The molecule has 1 aliphatic carbocycles. The van der Waals surface area contributed by atoms with Crippen LogP contribution in [0.3, 0.4) is 0 Å². The van der Waals surface area contributed by atoms with Crippen LogP contribution in [0.2, 0.25) is 5.02 Å². The van der Waals surface area contributed by atoms with Gasteiger partial charge in [-0.05, 0) is 76.1 Å². The van der Waals surface area contributed by atoms with Gasteiger partial charge in [0.05, 0.1) is 16.7 Å². The Balaban J connectivity index is 1.68. The van der Waals surface area contributed by atoms with E-state index in [1.54, 1.807) is 6.20 Å². The Morgan fingerprint density at radius 1 is 1.24 bits per heavy atom. The van der Waals surface area contributed by atoms with Crippen molar-refractivity contribution in [1.29, 1.82) is 0 Å². The molecule has 2 aromatic rings. The van der Waals surface area contributed by atoms with Gasteiger partial charge in [-0.15, -0.1) is 0 Å². The SMILES string of the molecule is Cc1cc2ncc(C(=O)N[C@H]3CC[C@H](C(C)(C)O)CC3)cc2cc1Cl. The van der Waals surface area contributed by atoms with E-state index in [2.05, 4.69) is 10.3 Å². The molecule has 0 saturated heterocycles. The molecular weight excluding hydrogens is 336 g/mol. The lowest BCUT2D eigenvalue weighted by Crippen LogP contribution is -2.41. The highest BCUT2D eigenvalue weighted by molar-refractivity contribution is 6.32. The van der Waals surface area contributed by atoms with Crippen LogP contribution in [0.4, 0.5) is 0 Å². The number of carbonyl (C=O) groups excluding carboxylic acids is 1. The Kier molecular flexibility index (Phi) is 5.03. The average molecular weight is 361 g/mol. The van der Waals surface area contributed by atoms with Crippen molar-refractivity contribution in [1.82, 2.24) is 10.3 Å². The molecule has 0 aliphatic heterocycles. The second kappa shape index (κ2) is 6.93. The van der Waals surface area contributed by atoms with Crippen LogP contribution in [0.5, 0.6) is 0 Å². The summed E-state index contributed by atoms with van der Waals surface area (Å²) in [7, 11) is 0. The van der Waals surface area contributed by atoms with Crippen molar-refractivity contribution in [3.63, 3.8) is 0 Å². The Morgan fingerprint density at radius 2 is 1.92 bits per heavy atom. The number of halogens is 1. The summed E-state index contributed by atoms with van der Waals surface area (Å²) < 4.78 is 0. The summed E-state index contributed by atoms with van der Waals surface area (Å²) in [5, 5.41) is 14.8. The van der Waals surface area contributed by atoms with Gasteiger partial charge in [0.25, 0.3) is 5.91 Å². The Labute approximate surface area is 153 Å². The molecule has 1 heterocycles. The van der Waals surface area contributed by atoms with E-state index in [0.717, 1.165) is 42.1 Å². The van der Waals surface area contributed by atoms with Crippen molar-refractivity contribution in [3.8, 4) is 0 Å². The zero-order valence-electron chi connectivity index (χ0n) is 15.0. The summed E-state index contributed by atoms with van der Waals surface area (Å²) in [5.41, 5.74) is 1.72. The summed E-state index contributed by atoms with van der Waals surface area (Å²) >= 11 is 6.18. The quantitative estimate of drug-likeness (QED) is 0.859. The number of carbonyl (C=O) groups is 1. The van der Waals surface area contributed by atoms with Gasteiger partial charge in [0.2, 0.25) is 0 Å². The van der Waals surface area contributed by atoms with Gasteiger partial charge < -0.3 is 10.4 Å². The minimum Gasteiger partial charge on any atom is -0.390 e. The van der Waals surface area contributed by atoms with Crippen molar-refractivity contribution in [2.24, 2.45) is 5.92 Å². The van der Waals surface area contributed by atoms with Crippen LogP contribution in [0.15, 0.2) is 24.4 Å². The maximum atomic E-state index is 12.6. The number of amides is 1. The first kappa shape index (κ1) is 18.2. The molecule has 3 rings (SSSR count). The minimum absolute atomic E-state index is 0.0993. The zero-order chi connectivity index (χ0) is 18.2. The molecule has 4 nitrogen and oxygen atoms in total. The summed E-state index contributed by atoms with van der Waals surface area (Å²) in [6.07, 6.45) is 5.27. The lowest BCUT2D eigenvalue weighted by molar-refractivity contribution is -0.00257. The molecule has 1 aromatic carbocycles. The Bertz CT molecular complexity index is 790. The zero-order valence-corrected chi connectivity index (χ0v) is 15.7. The number of hydrogen-bond acceptors (Lipinski definition) is 3. The van der Waals surface area contributed by atoms with Crippen LogP contribution in [0, 0.1) is 12.8 Å². The number of pyridine rings is 1. The number of aryl methyl sites for hydroxylation is 1. The molecule has 1 aliphatic rings. The lowest BCUT2D eigenvalue weighted by Gasteiger charge is -2.36. The van der Waals surface area contributed by atoms with Gasteiger partial charge >= 0.3 is 0 Å². The molecule has 1 aromatic heterocycles. The van der Waals surface area contributed by atoms with Gasteiger partial charge in [-0.3, -0.25) is 9.78 Å². The minimum atomic E-state index is -0.644. The number of nitrogens with one attached hydrogen (secondary N) is 1. The molecule has 5 heteroatoms. The third-order valence-electron chi connectivity index (χ3n) is 5.29. The van der Waals surface area contributed by atoms with E-state index < -0.39 is 5.60 Å². The van der Waals surface area contributed by atoms with Crippen LogP contribution in [0.1, 0.15) is 55.5 Å². The highest BCUT2D eigenvalue weighted by Crippen LogP contribution is 2.32. The van der Waals surface area contributed by atoms with Crippen molar-refractivity contribution < 1.29 is 9.90 Å². The molecule has 25 heavy (non-hydrogen) atoms. The van der Waals surface area contributed by atoms with E-state index >= 15 is 0 Å². The fraction of sp³-hybridized carbons (Fsp3) is 0.500. The second-order valence-corrected chi connectivity index (χ2v) is 8.10. The predicted octanol–water partition coefficient (Wildman–Crippen LogP) is 4.26. The first-order chi connectivity index (χ1) is 11.7. The number of aliphatic hydroxyl groups is 1. The average Bonchev–Trinajstić information content (AvgIpc) is 2.55. The van der Waals surface area contributed by atoms with E-state index in [9.17, 15) is 9.90 Å². The van der Waals surface area contributed by atoms with Crippen LogP contribution >= 0.6 is 11.6 Å². The molecule has 134 valence electrons. The van der Waals surface area contributed by atoms with Gasteiger partial charge in [-0.1, -0.05) is 11.6 Å². The summed E-state index contributed by atoms with van der Waals surface area (Å²) in [5.74, 6) is 0.200. The summed E-state index contributed by atoms with van der Waals surface area (Å²) in [4.78, 5) is 16.9. The number of benzene rings is 1. The normalized spacial score (nSPS) is 21.3. The van der Waals surface area contributed by atoms with Gasteiger partial charge in [0.15, 0.2) is 0 Å². The van der Waals surface area contributed by atoms with Gasteiger partial charge in [0, 0.05) is 22.6 Å². The van der Waals surface area contributed by atoms with Crippen molar-refractivity contribution in [3.05, 3.63) is 40.5 Å². The van der Waals surface area contributed by atoms with E-state index in [0.29, 0.717) is 16.5 Å². The third-order valence-corrected chi connectivity index (χ3v) is 5.69. The van der Waals surface area contributed by atoms with Crippen LogP contribution in [-0.2, 0) is 0 Å². The molecule has 1 amide bonds. The molecule has 1 saturated carbocycles. The van der Waals surface area contributed by atoms with E-state index in [4.69, 9.17) is 11.6 Å². The van der Waals surface area contributed by atoms with E-state index in [-0.39, 0.29) is 11.9 Å². The molecule has 0 radical (unpaired) electrons. The number of nitrogens with zero attached hydrogens (tertiary/aromatic N) is 1. The van der Waals surface area contributed by atoms with E-state index in [1.807, 2.05) is 39.0 Å². The topological polar surface area (TPSA) is 62.2 Å². The molecule has 0 unspecified atom stereocenters. The van der Waals surface area contributed by atoms with Crippen LogP contribution in [0.25, 0.3) is 10.9 Å². The lowest BCUT2D eigenvalue weighted by atomic mass is 9.77. The number of aromatic nitrogens is 1. The molecule has 0 atom stereocenters. The standard InChI is InChI=1S/C20H25ClN2O2/c1-12-8-18-13(10-17(12)21)9-14(11-22-18)19(24)23-16-6-4-15(5-7-16)20(2,3)25/h8-11,15-16,25H,4-7H2,1-3H3,(H,23,24)/t15-,16-. The molecule has 0 bridgehead atoms. The highest BCUT2D eigenvalue weighted by atomic mass is 35.5. The molecule has 1 fully saturated rings. The maximum absolute atomic E-state index is 12.6. The largest absolute Gasteiger partial charge is 0.390 e. The summed E-state index contributed by atoms with van der Waals surface area (Å²) in [6.45, 7) is 5.67. The van der Waals surface area contributed by atoms with Gasteiger partial charge in [0.1, 0.15) is 0 Å². The highest BCUT2D eigenvalue weighted by Gasteiger charge is 2.31. The fourth-order valence-corrected chi connectivity index (χ4v) is 3.76. The van der Waals surface area contributed by atoms with E-state index in [1.165, 1.54) is 0 Å². The fourth-order valence-electron chi connectivity index (χ4n) is 3.59. The maximum Gasteiger partial charge on any atom is 0.253 e. The van der Waals surface area contributed by atoms with Crippen molar-refractivity contribution in [2.75, 3.05) is 0 Å². The number of hydrogen-bond donors (Lipinski definition) is 2. The van der Waals surface area contributed by atoms with Crippen molar-refractivity contribution in [2.45, 2.75) is 58.1 Å². The third kappa shape index (κ3) is 4.13. The first-order valence-electron chi connectivity index (χ1n) is 8.83. The number of rotatable bonds is 3. The summed E-state index contributed by atoms with van der Waals surface area (Å²) in [6, 6.07) is 5.77. The van der Waals surface area contributed by atoms with Crippen LogP contribution < -0.4 is 5.32 Å². The molecular formula is C20H25ClN2O2. The number of fused-ring (bicyclic) bond motifs is 1.